The fraction of sp³-hybridized carbons (Fsp3) is 1.00. The highest BCUT2D eigenvalue weighted by atomic mass is 28.4. The van der Waals surface area contributed by atoms with Gasteiger partial charge in [-0.1, -0.05) is 27.7 Å². The molecule has 0 aromatic rings. The second-order valence-corrected chi connectivity index (χ2v) is 10.4. The average Bonchev–Trinajstić information content (AvgIpc) is 2.10. The lowest BCUT2D eigenvalue weighted by Crippen LogP contribution is -2.56. The summed E-state index contributed by atoms with van der Waals surface area (Å²) in [4.78, 5) is 0. The van der Waals surface area contributed by atoms with E-state index in [0.717, 1.165) is 0 Å². The minimum Gasteiger partial charge on any atom is -0.411 e. The summed E-state index contributed by atoms with van der Waals surface area (Å²) in [6.45, 7) is 13.9. The maximum Gasteiger partial charge on any atom is 0.193 e. The van der Waals surface area contributed by atoms with Gasteiger partial charge >= 0.3 is 0 Å². The van der Waals surface area contributed by atoms with Crippen molar-refractivity contribution in [3.63, 3.8) is 0 Å². The Hall–Kier alpha value is 0.177. The van der Waals surface area contributed by atoms with Crippen LogP contribution in [0.5, 0.6) is 0 Å². The molecular formula is C12H26OSi. The summed E-state index contributed by atoms with van der Waals surface area (Å²) in [5, 5.41) is 0. The monoisotopic (exact) mass is 214 g/mol. The van der Waals surface area contributed by atoms with Gasteiger partial charge in [0.25, 0.3) is 0 Å². The fourth-order valence-corrected chi connectivity index (χ4v) is 6.36. The van der Waals surface area contributed by atoms with E-state index in [9.17, 15) is 0 Å². The predicted molar refractivity (Wildman–Crippen MR) is 65.1 cm³/mol. The molecule has 0 aromatic carbocycles. The molecule has 0 spiro atoms. The zero-order valence-electron chi connectivity index (χ0n) is 10.7. The Labute approximate surface area is 90.4 Å². The van der Waals surface area contributed by atoms with Crippen molar-refractivity contribution in [3.8, 4) is 0 Å². The minimum absolute atomic E-state index is 0.0729. The van der Waals surface area contributed by atoms with E-state index < -0.39 is 8.32 Å². The SMILES string of the molecule is CC[Si]1(CC)CCC(C)(C)C(C)(C)O1. The summed E-state index contributed by atoms with van der Waals surface area (Å²) in [5.74, 6) is 0. The summed E-state index contributed by atoms with van der Waals surface area (Å²) >= 11 is 0. The Bertz CT molecular complexity index is 204. The smallest absolute Gasteiger partial charge is 0.193 e. The van der Waals surface area contributed by atoms with E-state index in [-0.39, 0.29) is 5.60 Å². The highest BCUT2D eigenvalue weighted by Gasteiger charge is 2.49. The van der Waals surface area contributed by atoms with Crippen LogP contribution in [0.25, 0.3) is 0 Å². The maximum absolute atomic E-state index is 6.51. The molecule has 0 aromatic heterocycles. The Balaban J connectivity index is 2.86. The van der Waals surface area contributed by atoms with Crippen molar-refractivity contribution < 1.29 is 4.43 Å². The van der Waals surface area contributed by atoms with Crippen molar-refractivity contribution in [2.75, 3.05) is 0 Å². The van der Waals surface area contributed by atoms with Crippen molar-refractivity contribution >= 4 is 8.32 Å². The first kappa shape index (κ1) is 12.2. The molecule has 1 aliphatic rings. The largest absolute Gasteiger partial charge is 0.411 e. The second-order valence-electron chi connectivity index (χ2n) is 5.89. The van der Waals surface area contributed by atoms with Crippen LogP contribution in [0, 0.1) is 5.41 Å². The highest BCUT2D eigenvalue weighted by Crippen LogP contribution is 2.48. The van der Waals surface area contributed by atoms with Gasteiger partial charge in [0.2, 0.25) is 0 Å². The first-order chi connectivity index (χ1) is 6.29. The Kier molecular flexibility index (Phi) is 3.18. The van der Waals surface area contributed by atoms with E-state index in [4.69, 9.17) is 4.43 Å². The van der Waals surface area contributed by atoms with E-state index in [2.05, 4.69) is 41.5 Å². The van der Waals surface area contributed by atoms with Gasteiger partial charge in [-0.3, -0.25) is 0 Å². The van der Waals surface area contributed by atoms with E-state index in [1.165, 1.54) is 24.6 Å². The normalized spacial score (nSPS) is 28.7. The molecule has 1 aliphatic heterocycles. The standard InChI is InChI=1S/C12H26OSi/c1-7-14(8-2)10-9-11(3,4)12(5,6)13-14/h7-10H2,1-6H3. The zero-order chi connectivity index (χ0) is 11.0. The first-order valence-electron chi connectivity index (χ1n) is 5.99. The number of hydrogen-bond acceptors (Lipinski definition) is 1. The quantitative estimate of drug-likeness (QED) is 0.626. The summed E-state index contributed by atoms with van der Waals surface area (Å²) < 4.78 is 6.51. The van der Waals surface area contributed by atoms with Crippen LogP contribution in [0.3, 0.4) is 0 Å². The van der Waals surface area contributed by atoms with Crippen LogP contribution in [-0.2, 0) is 4.43 Å². The van der Waals surface area contributed by atoms with Crippen LogP contribution in [0.1, 0.15) is 48.0 Å². The predicted octanol–water partition coefficient (Wildman–Crippen LogP) is 4.20. The Morgan fingerprint density at radius 2 is 1.57 bits per heavy atom. The van der Waals surface area contributed by atoms with Gasteiger partial charge in [-0.05, 0) is 43.8 Å². The van der Waals surface area contributed by atoms with Gasteiger partial charge in [-0.2, -0.15) is 0 Å². The zero-order valence-corrected chi connectivity index (χ0v) is 11.7. The molecule has 1 heterocycles. The summed E-state index contributed by atoms with van der Waals surface area (Å²) in [5.41, 5.74) is 0.414. The molecule has 0 N–H and O–H groups in total. The average molecular weight is 214 g/mol. The van der Waals surface area contributed by atoms with E-state index in [1.54, 1.807) is 0 Å². The number of rotatable bonds is 2. The lowest BCUT2D eigenvalue weighted by molar-refractivity contribution is -0.0416. The molecule has 2 heteroatoms. The van der Waals surface area contributed by atoms with Gasteiger partial charge in [-0.25, -0.2) is 0 Å². The van der Waals surface area contributed by atoms with Crippen molar-refractivity contribution in [2.24, 2.45) is 5.41 Å². The maximum atomic E-state index is 6.51. The van der Waals surface area contributed by atoms with Crippen LogP contribution < -0.4 is 0 Å². The van der Waals surface area contributed by atoms with Gasteiger partial charge in [0.05, 0.1) is 5.60 Å². The van der Waals surface area contributed by atoms with Crippen LogP contribution in [-0.4, -0.2) is 13.9 Å². The topological polar surface area (TPSA) is 9.23 Å². The van der Waals surface area contributed by atoms with Gasteiger partial charge in [-0.15, -0.1) is 0 Å². The van der Waals surface area contributed by atoms with Crippen LogP contribution in [0.15, 0.2) is 0 Å². The first-order valence-corrected chi connectivity index (χ1v) is 8.52. The molecule has 1 rings (SSSR count). The molecule has 14 heavy (non-hydrogen) atoms. The number of hydrogen-bond donors (Lipinski definition) is 0. The third-order valence-corrected chi connectivity index (χ3v) is 9.28. The molecule has 84 valence electrons. The van der Waals surface area contributed by atoms with Gasteiger partial charge in [0.15, 0.2) is 8.32 Å². The van der Waals surface area contributed by atoms with Crippen LogP contribution >= 0.6 is 0 Å². The summed E-state index contributed by atoms with van der Waals surface area (Å²) in [6, 6.07) is 3.92. The van der Waals surface area contributed by atoms with Crippen molar-refractivity contribution in [1.29, 1.82) is 0 Å². The molecule has 0 amide bonds. The molecule has 1 fully saturated rings. The lowest BCUT2D eigenvalue weighted by atomic mass is 9.75. The third kappa shape index (κ3) is 1.92. The molecule has 0 bridgehead atoms. The van der Waals surface area contributed by atoms with E-state index >= 15 is 0 Å². The summed E-state index contributed by atoms with van der Waals surface area (Å²) in [7, 11) is -1.35. The Morgan fingerprint density at radius 3 is 1.93 bits per heavy atom. The second kappa shape index (κ2) is 3.64. The van der Waals surface area contributed by atoms with Crippen molar-refractivity contribution in [2.45, 2.75) is 71.7 Å². The molecular weight excluding hydrogens is 188 g/mol. The minimum atomic E-state index is -1.35. The van der Waals surface area contributed by atoms with E-state index in [0.29, 0.717) is 5.41 Å². The molecule has 0 saturated carbocycles. The molecule has 1 nitrogen and oxygen atoms in total. The highest BCUT2D eigenvalue weighted by molar-refractivity contribution is 6.73. The van der Waals surface area contributed by atoms with E-state index in [1.807, 2.05) is 0 Å². The third-order valence-electron chi connectivity index (χ3n) is 4.60. The summed E-state index contributed by atoms with van der Waals surface area (Å²) in [6.07, 6.45) is 1.34. The van der Waals surface area contributed by atoms with Gasteiger partial charge < -0.3 is 4.43 Å². The molecule has 0 atom stereocenters. The lowest BCUT2D eigenvalue weighted by Gasteiger charge is -2.53. The van der Waals surface area contributed by atoms with Crippen molar-refractivity contribution in [1.82, 2.24) is 0 Å². The van der Waals surface area contributed by atoms with Crippen LogP contribution in [0.4, 0.5) is 0 Å². The fourth-order valence-electron chi connectivity index (χ4n) is 2.32. The van der Waals surface area contributed by atoms with Gasteiger partial charge in [0.1, 0.15) is 0 Å². The molecule has 0 aliphatic carbocycles. The van der Waals surface area contributed by atoms with Crippen LogP contribution in [0.2, 0.25) is 18.1 Å². The Morgan fingerprint density at radius 1 is 1.07 bits per heavy atom. The molecule has 0 radical (unpaired) electrons. The van der Waals surface area contributed by atoms with Crippen molar-refractivity contribution in [3.05, 3.63) is 0 Å². The molecule has 1 saturated heterocycles. The molecule has 0 unspecified atom stereocenters. The van der Waals surface area contributed by atoms with Gasteiger partial charge in [0, 0.05) is 0 Å².